The summed E-state index contributed by atoms with van der Waals surface area (Å²) in [6.07, 6.45) is 0.843. The van der Waals surface area contributed by atoms with E-state index in [9.17, 15) is 14.0 Å². The maximum atomic E-state index is 14.2. The number of hydrogen-bond donors (Lipinski definition) is 4. The molecule has 11 heteroatoms. The number of amidine groups is 1. The Balaban J connectivity index is 1.76. The number of rotatable bonds is 7. The van der Waals surface area contributed by atoms with E-state index in [4.69, 9.17) is 11.5 Å². The van der Waals surface area contributed by atoms with Gasteiger partial charge in [-0.1, -0.05) is 0 Å². The molecular weight excluding hydrogens is 439 g/mol. The summed E-state index contributed by atoms with van der Waals surface area (Å²) < 4.78 is 15.9. The number of alkyl halides is 1. The fraction of sp³-hybridized carbons (Fsp3) is 0.870. The lowest BCUT2D eigenvalue weighted by Gasteiger charge is -2.44. The van der Waals surface area contributed by atoms with Crippen LogP contribution in [0.15, 0.2) is 0 Å². The molecule has 3 heterocycles. The molecule has 194 valence electrons. The summed E-state index contributed by atoms with van der Waals surface area (Å²) >= 11 is 0. The summed E-state index contributed by atoms with van der Waals surface area (Å²) in [5, 5.41) is 6.61. The molecular formula is C23H44FN8O2+. The summed E-state index contributed by atoms with van der Waals surface area (Å²) in [7, 11) is 5.39. The number of carbonyl (C=O) groups excluding carboxylic acids is 2. The normalized spacial score (nSPS) is 29.8. The van der Waals surface area contributed by atoms with Crippen molar-refractivity contribution in [3.8, 4) is 0 Å². The van der Waals surface area contributed by atoms with Crippen molar-refractivity contribution in [2.24, 2.45) is 23.3 Å². The second-order valence-corrected chi connectivity index (χ2v) is 10.2. The average molecular weight is 484 g/mol. The highest BCUT2D eigenvalue weighted by atomic mass is 19.1. The molecule has 5 atom stereocenters. The van der Waals surface area contributed by atoms with Gasteiger partial charge in [-0.25, -0.2) is 4.39 Å². The summed E-state index contributed by atoms with van der Waals surface area (Å²) in [5.74, 6) is -0.179. The summed E-state index contributed by atoms with van der Waals surface area (Å²) in [4.78, 5) is 32.1. The van der Waals surface area contributed by atoms with Gasteiger partial charge in [-0.05, 0) is 39.3 Å². The van der Waals surface area contributed by atoms with Crippen LogP contribution in [0.3, 0.4) is 0 Å². The summed E-state index contributed by atoms with van der Waals surface area (Å²) in [6.45, 7) is 6.07. The number of carbonyl (C=O) groups is 2. The van der Waals surface area contributed by atoms with E-state index in [-0.39, 0.29) is 42.9 Å². The van der Waals surface area contributed by atoms with E-state index >= 15 is 0 Å². The molecule has 2 amide bonds. The smallest absolute Gasteiger partial charge is 0.262 e. The molecule has 0 aromatic rings. The van der Waals surface area contributed by atoms with Crippen molar-refractivity contribution in [3.05, 3.63) is 0 Å². The van der Waals surface area contributed by atoms with Crippen molar-refractivity contribution in [1.29, 1.82) is 0 Å². The molecule has 0 saturated carbocycles. The zero-order valence-electron chi connectivity index (χ0n) is 21.2. The Kier molecular flexibility index (Phi) is 9.25. The Morgan fingerprint density at radius 2 is 2.03 bits per heavy atom. The second kappa shape index (κ2) is 11.7. The standard InChI is InChI=1S/C23H43FN8O2/c1-5-31-14-16(24)13-30(4)22(31)19(20(25)26)21(33)28-17-11-27-9-8-18(17)32-10-6-7-15(12-32)23(34)29(2)3/h15-20,27H,5-14,25-26H2,1-4H3/p+1. The molecule has 5 unspecified atom stereocenters. The monoisotopic (exact) mass is 483 g/mol. The molecule has 0 aliphatic carbocycles. The van der Waals surface area contributed by atoms with Gasteiger partial charge < -0.3 is 27.0 Å². The minimum atomic E-state index is -0.991. The van der Waals surface area contributed by atoms with Crippen LogP contribution in [0.25, 0.3) is 0 Å². The van der Waals surface area contributed by atoms with E-state index in [1.54, 1.807) is 30.6 Å². The molecule has 6 N–H and O–H groups in total. The Bertz CT molecular complexity index is 761. The van der Waals surface area contributed by atoms with Crippen LogP contribution in [-0.2, 0) is 9.59 Å². The quantitative estimate of drug-likeness (QED) is 0.249. The van der Waals surface area contributed by atoms with Gasteiger partial charge in [-0.3, -0.25) is 24.0 Å². The SMILES string of the molecule is CCN1CC(F)C[N+](C)=C1C(C(=O)NC1CNCCC1N1CCCC(C(=O)N(C)C)C1)C(N)N. The molecule has 34 heavy (non-hydrogen) atoms. The number of halogens is 1. The number of piperidine rings is 2. The molecule has 0 spiro atoms. The molecule has 10 nitrogen and oxygen atoms in total. The molecule has 0 aromatic heterocycles. The summed E-state index contributed by atoms with van der Waals surface area (Å²) in [6, 6.07) is -0.00148. The van der Waals surface area contributed by atoms with Crippen LogP contribution in [-0.4, -0.2) is 128 Å². The van der Waals surface area contributed by atoms with Crippen LogP contribution in [0.1, 0.15) is 26.2 Å². The number of nitrogens with zero attached hydrogens (tertiary/aromatic N) is 4. The lowest BCUT2D eigenvalue weighted by molar-refractivity contribution is -0.518. The first-order valence-corrected chi connectivity index (χ1v) is 12.6. The molecule has 2 saturated heterocycles. The summed E-state index contributed by atoms with van der Waals surface area (Å²) in [5.41, 5.74) is 12.3. The molecule has 3 aliphatic rings. The van der Waals surface area contributed by atoms with Gasteiger partial charge in [0.2, 0.25) is 11.8 Å². The maximum absolute atomic E-state index is 14.2. The van der Waals surface area contributed by atoms with E-state index in [0.29, 0.717) is 25.5 Å². The van der Waals surface area contributed by atoms with Gasteiger partial charge in [0.15, 0.2) is 12.1 Å². The topological polar surface area (TPSA) is 123 Å². The first kappa shape index (κ1) is 26.8. The number of likely N-dealkylation sites (tertiary alicyclic amines) is 1. The Morgan fingerprint density at radius 3 is 2.68 bits per heavy atom. The fourth-order valence-electron chi connectivity index (χ4n) is 5.79. The van der Waals surface area contributed by atoms with Gasteiger partial charge in [0.25, 0.3) is 5.84 Å². The third-order valence-electron chi connectivity index (χ3n) is 7.42. The van der Waals surface area contributed by atoms with E-state index in [1.165, 1.54) is 0 Å². The second-order valence-electron chi connectivity index (χ2n) is 10.2. The maximum Gasteiger partial charge on any atom is 0.262 e. The molecule has 3 aliphatic heterocycles. The Hall–Kier alpha value is -1.82. The molecule has 3 rings (SSSR count). The minimum absolute atomic E-state index is 0.0154. The van der Waals surface area contributed by atoms with Crippen LogP contribution in [0, 0.1) is 11.8 Å². The highest BCUT2D eigenvalue weighted by Gasteiger charge is 2.44. The van der Waals surface area contributed by atoms with Crippen LogP contribution in [0.2, 0.25) is 0 Å². The molecule has 0 bridgehead atoms. The van der Waals surface area contributed by atoms with Crippen LogP contribution in [0.5, 0.6) is 0 Å². The highest BCUT2D eigenvalue weighted by molar-refractivity contribution is 6.02. The van der Waals surface area contributed by atoms with Crippen LogP contribution in [0.4, 0.5) is 4.39 Å². The lowest BCUT2D eigenvalue weighted by atomic mass is 9.91. The van der Waals surface area contributed by atoms with Gasteiger partial charge in [0.1, 0.15) is 13.1 Å². The van der Waals surface area contributed by atoms with E-state index in [0.717, 1.165) is 32.4 Å². The Morgan fingerprint density at radius 1 is 1.29 bits per heavy atom. The predicted octanol–water partition coefficient (Wildman–Crippen LogP) is -1.79. The van der Waals surface area contributed by atoms with Gasteiger partial charge >= 0.3 is 0 Å². The predicted molar refractivity (Wildman–Crippen MR) is 130 cm³/mol. The van der Waals surface area contributed by atoms with Crippen molar-refractivity contribution < 1.29 is 18.6 Å². The Labute approximate surface area is 202 Å². The van der Waals surface area contributed by atoms with Crippen molar-refractivity contribution in [2.75, 3.05) is 67.0 Å². The first-order valence-electron chi connectivity index (χ1n) is 12.6. The largest absolute Gasteiger partial charge is 0.350 e. The van der Waals surface area contributed by atoms with Crippen molar-refractivity contribution in [3.63, 3.8) is 0 Å². The highest BCUT2D eigenvalue weighted by Crippen LogP contribution is 2.24. The molecule has 0 radical (unpaired) electrons. The van der Waals surface area contributed by atoms with Crippen molar-refractivity contribution in [2.45, 2.75) is 50.6 Å². The molecule has 0 aromatic carbocycles. The van der Waals surface area contributed by atoms with Gasteiger partial charge in [-0.2, -0.15) is 0 Å². The average Bonchev–Trinajstić information content (AvgIpc) is 2.80. The lowest BCUT2D eigenvalue weighted by Crippen LogP contribution is -2.65. The first-order chi connectivity index (χ1) is 16.1. The molecule has 2 fully saturated rings. The van der Waals surface area contributed by atoms with Crippen LogP contribution >= 0.6 is 0 Å². The van der Waals surface area contributed by atoms with Crippen molar-refractivity contribution in [1.82, 2.24) is 25.3 Å². The van der Waals surface area contributed by atoms with E-state index in [1.807, 2.05) is 11.8 Å². The number of amides is 2. The third-order valence-corrected chi connectivity index (χ3v) is 7.42. The van der Waals surface area contributed by atoms with Gasteiger partial charge in [0, 0.05) is 33.2 Å². The van der Waals surface area contributed by atoms with Gasteiger partial charge in [-0.15, -0.1) is 0 Å². The fourth-order valence-corrected chi connectivity index (χ4v) is 5.79. The number of hydrogen-bond acceptors (Lipinski definition) is 7. The van der Waals surface area contributed by atoms with E-state index < -0.39 is 18.3 Å². The van der Waals surface area contributed by atoms with Gasteiger partial charge in [0.05, 0.1) is 31.7 Å². The number of nitrogens with one attached hydrogen (secondary N) is 2. The van der Waals surface area contributed by atoms with Crippen LogP contribution < -0.4 is 22.1 Å². The minimum Gasteiger partial charge on any atom is -0.350 e. The van der Waals surface area contributed by atoms with Crippen molar-refractivity contribution >= 4 is 17.6 Å². The third kappa shape index (κ3) is 6.05. The zero-order chi connectivity index (χ0) is 25.0. The zero-order valence-corrected chi connectivity index (χ0v) is 21.2. The van der Waals surface area contributed by atoms with E-state index in [2.05, 4.69) is 15.5 Å². The number of nitrogens with two attached hydrogens (primary N) is 2.